The molecule has 3 heteroatoms. The Balaban J connectivity index is 2.24. The molecule has 0 aromatic carbocycles. The van der Waals surface area contributed by atoms with Crippen molar-refractivity contribution in [1.82, 2.24) is 15.1 Å². The predicted molar refractivity (Wildman–Crippen MR) is 80.0 cm³/mol. The number of likely N-dealkylation sites (tertiary alicyclic amines) is 1. The third-order valence-corrected chi connectivity index (χ3v) is 4.18. The van der Waals surface area contributed by atoms with Crippen LogP contribution in [-0.2, 0) is 0 Å². The van der Waals surface area contributed by atoms with E-state index in [4.69, 9.17) is 0 Å². The van der Waals surface area contributed by atoms with Crippen molar-refractivity contribution in [3.05, 3.63) is 0 Å². The molecule has 1 heterocycles. The molecular formula is C15H33N3. The highest BCUT2D eigenvalue weighted by atomic mass is 15.3. The Morgan fingerprint density at radius 3 is 2.39 bits per heavy atom. The molecule has 3 unspecified atom stereocenters. The van der Waals surface area contributed by atoms with E-state index in [1.165, 1.54) is 19.5 Å². The second-order valence-electron chi connectivity index (χ2n) is 6.70. The molecule has 108 valence electrons. The fourth-order valence-corrected chi connectivity index (χ4v) is 2.90. The van der Waals surface area contributed by atoms with E-state index in [0.29, 0.717) is 6.04 Å². The minimum Gasteiger partial charge on any atom is -0.316 e. The minimum absolute atomic E-state index is 0.706. The van der Waals surface area contributed by atoms with E-state index in [1.54, 1.807) is 0 Å². The molecule has 18 heavy (non-hydrogen) atoms. The van der Waals surface area contributed by atoms with Gasteiger partial charge in [-0.05, 0) is 52.4 Å². The molecule has 1 rings (SSSR count). The van der Waals surface area contributed by atoms with Crippen molar-refractivity contribution >= 4 is 0 Å². The second kappa shape index (κ2) is 7.46. The predicted octanol–water partition coefficient (Wildman–Crippen LogP) is 1.89. The summed E-state index contributed by atoms with van der Waals surface area (Å²) < 4.78 is 0. The first-order valence-corrected chi connectivity index (χ1v) is 7.53. The van der Waals surface area contributed by atoms with Crippen LogP contribution in [0.2, 0.25) is 0 Å². The highest BCUT2D eigenvalue weighted by Gasteiger charge is 2.32. The quantitative estimate of drug-likeness (QED) is 0.701. The van der Waals surface area contributed by atoms with Crippen molar-refractivity contribution in [3.63, 3.8) is 0 Å². The molecule has 0 saturated carbocycles. The normalized spacial score (nSPS) is 27.3. The van der Waals surface area contributed by atoms with E-state index in [2.05, 4.69) is 56.9 Å². The first-order chi connectivity index (χ1) is 8.41. The number of nitrogens with zero attached hydrogens (tertiary/aromatic N) is 2. The lowest BCUT2D eigenvalue weighted by atomic mass is 10.1. The van der Waals surface area contributed by atoms with E-state index >= 15 is 0 Å². The van der Waals surface area contributed by atoms with Crippen LogP contribution in [0.3, 0.4) is 0 Å². The molecule has 0 aromatic heterocycles. The Morgan fingerprint density at radius 1 is 1.22 bits per heavy atom. The Labute approximate surface area is 114 Å². The lowest BCUT2D eigenvalue weighted by molar-refractivity contribution is 0.216. The fourth-order valence-electron chi connectivity index (χ4n) is 2.90. The summed E-state index contributed by atoms with van der Waals surface area (Å²) in [6.07, 6.45) is 1.26. The Bertz CT molecular complexity index is 228. The first kappa shape index (κ1) is 15.9. The minimum atomic E-state index is 0.706. The maximum absolute atomic E-state index is 3.55. The van der Waals surface area contributed by atoms with E-state index in [0.717, 1.165) is 31.0 Å². The first-order valence-electron chi connectivity index (χ1n) is 7.53. The van der Waals surface area contributed by atoms with Crippen molar-refractivity contribution in [2.75, 3.05) is 40.3 Å². The molecule has 0 amide bonds. The van der Waals surface area contributed by atoms with Gasteiger partial charge in [-0.3, -0.25) is 4.90 Å². The van der Waals surface area contributed by atoms with Crippen LogP contribution in [0.1, 0.15) is 34.1 Å². The maximum Gasteiger partial charge on any atom is 0.0254 e. The lowest BCUT2D eigenvalue weighted by Gasteiger charge is -2.26. The van der Waals surface area contributed by atoms with Crippen molar-refractivity contribution in [3.8, 4) is 0 Å². The number of hydrogen-bond donors (Lipinski definition) is 1. The van der Waals surface area contributed by atoms with Crippen molar-refractivity contribution in [1.29, 1.82) is 0 Å². The van der Waals surface area contributed by atoms with Gasteiger partial charge in [-0.2, -0.15) is 0 Å². The van der Waals surface area contributed by atoms with Crippen LogP contribution in [0.5, 0.6) is 0 Å². The van der Waals surface area contributed by atoms with Gasteiger partial charge in [-0.25, -0.2) is 0 Å². The highest BCUT2D eigenvalue weighted by Crippen LogP contribution is 2.22. The Kier molecular flexibility index (Phi) is 6.61. The molecule has 3 nitrogen and oxygen atoms in total. The zero-order valence-corrected chi connectivity index (χ0v) is 13.2. The van der Waals surface area contributed by atoms with Gasteiger partial charge in [0.05, 0.1) is 0 Å². The number of likely N-dealkylation sites (N-methyl/N-ethyl adjacent to an activating group) is 1. The zero-order valence-electron chi connectivity index (χ0n) is 13.2. The lowest BCUT2D eigenvalue weighted by Crippen LogP contribution is -2.37. The molecule has 1 aliphatic heterocycles. The molecule has 0 aliphatic carbocycles. The summed E-state index contributed by atoms with van der Waals surface area (Å²) in [6, 6.07) is 1.44. The van der Waals surface area contributed by atoms with Gasteiger partial charge in [0.1, 0.15) is 0 Å². The van der Waals surface area contributed by atoms with E-state index in [1.807, 2.05) is 0 Å². The highest BCUT2D eigenvalue weighted by molar-refractivity contribution is 4.88. The van der Waals surface area contributed by atoms with Gasteiger partial charge in [-0.1, -0.05) is 20.8 Å². The molecule has 1 saturated heterocycles. The van der Waals surface area contributed by atoms with Crippen molar-refractivity contribution < 1.29 is 0 Å². The monoisotopic (exact) mass is 255 g/mol. The van der Waals surface area contributed by atoms with E-state index in [-0.39, 0.29) is 0 Å². The van der Waals surface area contributed by atoms with Crippen LogP contribution in [0.4, 0.5) is 0 Å². The fraction of sp³-hybridized carbons (Fsp3) is 1.00. The maximum atomic E-state index is 3.55. The average molecular weight is 255 g/mol. The Hall–Kier alpha value is -0.120. The number of hydrogen-bond acceptors (Lipinski definition) is 3. The number of nitrogens with one attached hydrogen (secondary N) is 1. The largest absolute Gasteiger partial charge is 0.316 e. The molecule has 1 N–H and O–H groups in total. The molecule has 0 aromatic rings. The average Bonchev–Trinajstić information content (AvgIpc) is 2.66. The van der Waals surface area contributed by atoms with Gasteiger partial charge in [0.2, 0.25) is 0 Å². The summed E-state index contributed by atoms with van der Waals surface area (Å²) in [5, 5.41) is 3.55. The van der Waals surface area contributed by atoms with Crippen LogP contribution >= 0.6 is 0 Å². The van der Waals surface area contributed by atoms with Gasteiger partial charge in [0.25, 0.3) is 0 Å². The van der Waals surface area contributed by atoms with E-state index in [9.17, 15) is 0 Å². The van der Waals surface area contributed by atoms with E-state index < -0.39 is 0 Å². The van der Waals surface area contributed by atoms with Crippen LogP contribution < -0.4 is 5.32 Å². The third-order valence-electron chi connectivity index (χ3n) is 4.18. The van der Waals surface area contributed by atoms with Crippen molar-refractivity contribution in [2.45, 2.75) is 46.2 Å². The summed E-state index contributed by atoms with van der Waals surface area (Å²) in [5.41, 5.74) is 0. The van der Waals surface area contributed by atoms with Gasteiger partial charge in [0.15, 0.2) is 0 Å². The molecule has 0 radical (unpaired) electrons. The summed E-state index contributed by atoms with van der Waals surface area (Å²) in [6.45, 7) is 14.1. The van der Waals surface area contributed by atoms with Crippen LogP contribution in [0.25, 0.3) is 0 Å². The summed E-state index contributed by atoms with van der Waals surface area (Å²) in [7, 11) is 4.42. The smallest absolute Gasteiger partial charge is 0.0254 e. The van der Waals surface area contributed by atoms with Crippen molar-refractivity contribution in [2.24, 2.45) is 11.8 Å². The third kappa shape index (κ3) is 4.87. The van der Waals surface area contributed by atoms with Gasteiger partial charge < -0.3 is 10.2 Å². The molecule has 3 atom stereocenters. The van der Waals surface area contributed by atoms with Gasteiger partial charge in [-0.15, -0.1) is 0 Å². The number of rotatable bonds is 7. The summed E-state index contributed by atoms with van der Waals surface area (Å²) >= 11 is 0. The van der Waals surface area contributed by atoms with Crippen LogP contribution in [-0.4, -0.2) is 62.2 Å². The topological polar surface area (TPSA) is 18.5 Å². The second-order valence-corrected chi connectivity index (χ2v) is 6.70. The molecule has 0 spiro atoms. The van der Waals surface area contributed by atoms with Crippen LogP contribution in [0.15, 0.2) is 0 Å². The molecule has 0 bridgehead atoms. The van der Waals surface area contributed by atoms with Gasteiger partial charge >= 0.3 is 0 Å². The molecular weight excluding hydrogens is 222 g/mol. The van der Waals surface area contributed by atoms with Gasteiger partial charge in [0, 0.05) is 25.2 Å². The molecule has 1 fully saturated rings. The molecule has 1 aliphatic rings. The zero-order chi connectivity index (χ0) is 13.7. The SMILES string of the molecule is CC(C)CNCCC(C)N1CC(C)C(N(C)C)C1. The summed E-state index contributed by atoms with van der Waals surface area (Å²) in [4.78, 5) is 5.04. The Morgan fingerprint density at radius 2 is 1.89 bits per heavy atom. The summed E-state index contributed by atoms with van der Waals surface area (Å²) in [5.74, 6) is 1.55. The standard InChI is InChI=1S/C15H33N3/c1-12(2)9-16-8-7-14(4)18-10-13(3)15(11-18)17(5)6/h12-16H,7-11H2,1-6H3. The van der Waals surface area contributed by atoms with Crippen LogP contribution in [0, 0.1) is 11.8 Å².